The van der Waals surface area contributed by atoms with E-state index < -0.39 is 0 Å². The molecule has 0 atom stereocenters. The van der Waals surface area contributed by atoms with Gasteiger partial charge in [-0.3, -0.25) is 5.41 Å². The fourth-order valence-corrected chi connectivity index (χ4v) is 7.87. The fraction of sp³-hybridized carbons (Fsp3) is 0. The highest BCUT2D eigenvalue weighted by Gasteiger charge is 2.21. The molecule has 0 amide bonds. The smallest absolute Gasteiger partial charge is 0.167 e. The summed E-state index contributed by atoms with van der Waals surface area (Å²) in [6.07, 6.45) is 0. The van der Waals surface area contributed by atoms with Crippen LogP contribution < -0.4 is 5.32 Å². The van der Waals surface area contributed by atoms with Gasteiger partial charge in [0.1, 0.15) is 22.3 Å². The second kappa shape index (κ2) is 13.1. The summed E-state index contributed by atoms with van der Waals surface area (Å²) < 4.78 is 12.9. The van der Waals surface area contributed by atoms with Crippen LogP contribution in [-0.2, 0) is 0 Å². The molecule has 0 bridgehead atoms. The van der Waals surface area contributed by atoms with E-state index in [4.69, 9.17) is 23.8 Å². The van der Waals surface area contributed by atoms with Gasteiger partial charge in [-0.05, 0) is 59.3 Å². The van der Waals surface area contributed by atoms with Crippen molar-refractivity contribution < 1.29 is 8.83 Å². The van der Waals surface area contributed by atoms with Crippen LogP contribution in [0.3, 0.4) is 0 Å². The zero-order valence-electron chi connectivity index (χ0n) is 30.4. The molecule has 7 nitrogen and oxygen atoms in total. The normalized spacial score (nSPS) is 11.6. The third kappa shape index (κ3) is 5.52. The predicted molar refractivity (Wildman–Crippen MR) is 230 cm³/mol. The molecule has 0 saturated heterocycles. The van der Waals surface area contributed by atoms with Crippen LogP contribution in [0.1, 0.15) is 11.1 Å². The van der Waals surface area contributed by atoms with Crippen LogP contribution >= 0.6 is 0 Å². The first-order valence-electron chi connectivity index (χ1n) is 18.8. The van der Waals surface area contributed by atoms with Gasteiger partial charge in [-0.1, -0.05) is 127 Å². The van der Waals surface area contributed by atoms with Gasteiger partial charge in [0.25, 0.3) is 0 Å². The number of para-hydroxylation sites is 5. The Morgan fingerprint density at radius 2 is 1.00 bits per heavy atom. The average molecular weight is 734 g/mol. The van der Waals surface area contributed by atoms with E-state index in [0.717, 1.165) is 82.7 Å². The highest BCUT2D eigenvalue weighted by molar-refractivity contribution is 6.22. The van der Waals surface area contributed by atoms with Crippen molar-refractivity contribution in [2.24, 2.45) is 0 Å². The minimum Gasteiger partial charge on any atom is -0.455 e. The molecular weight excluding hydrogens is 703 g/mol. The average Bonchev–Trinajstić information content (AvgIpc) is 3.85. The molecule has 3 aromatic heterocycles. The van der Waals surface area contributed by atoms with E-state index in [9.17, 15) is 5.41 Å². The largest absolute Gasteiger partial charge is 0.455 e. The third-order valence-electron chi connectivity index (χ3n) is 10.6. The molecule has 0 radical (unpaired) electrons. The Bertz CT molecular complexity index is 3230. The number of furan rings is 2. The van der Waals surface area contributed by atoms with Crippen LogP contribution in [0.4, 0.5) is 11.4 Å². The van der Waals surface area contributed by atoms with Gasteiger partial charge >= 0.3 is 0 Å². The molecule has 2 N–H and O–H groups in total. The molecule has 0 unspecified atom stereocenters. The zero-order chi connectivity index (χ0) is 37.9. The monoisotopic (exact) mass is 733 g/mol. The number of nitrogens with zero attached hydrogens (tertiary/aromatic N) is 3. The first kappa shape index (κ1) is 32.5. The SMILES string of the molecule is N=C(c1cccc(-c2nc(-c3cccc4c3oc3ccccc34)nc(-c3cccc4c3oc3ccccc34)n2)c1)c1c(Nc2ccccc2)ccc2ccccc12. The first-order chi connectivity index (χ1) is 28.2. The molecule has 0 fully saturated rings. The van der Waals surface area contributed by atoms with Crippen molar-refractivity contribution in [1.82, 2.24) is 15.0 Å². The van der Waals surface area contributed by atoms with E-state index in [1.165, 1.54) is 0 Å². The number of benzene rings is 8. The predicted octanol–water partition coefficient (Wildman–Crippen LogP) is 13.0. The topological polar surface area (TPSA) is 101 Å². The molecule has 0 aliphatic heterocycles. The Hall–Kier alpha value is -7.90. The van der Waals surface area contributed by atoms with E-state index >= 15 is 0 Å². The lowest BCUT2D eigenvalue weighted by Gasteiger charge is -2.17. The molecule has 7 heteroatoms. The quantitative estimate of drug-likeness (QED) is 0.158. The molecule has 268 valence electrons. The summed E-state index contributed by atoms with van der Waals surface area (Å²) in [5.74, 6) is 1.40. The molecule has 0 aliphatic carbocycles. The Balaban J connectivity index is 1.10. The number of anilines is 2. The van der Waals surface area contributed by atoms with Crippen molar-refractivity contribution in [1.29, 1.82) is 5.41 Å². The Labute approximate surface area is 326 Å². The Morgan fingerprint density at radius 3 is 1.67 bits per heavy atom. The standard InChI is InChI=1S/C50H31N5O2/c51-45(44-34-18-5-4-13-30(34)27-28-41(44)52-33-16-2-1-3-17-33)31-14-10-15-32(29-31)48-53-49(39-23-11-21-37-35-19-6-8-25-42(35)56-46(37)39)55-50(54-48)40-24-12-22-38-36-20-7-9-26-43(36)57-47(38)40/h1-29,51-52H. The minimum atomic E-state index is 0.376. The van der Waals surface area contributed by atoms with Gasteiger partial charge in [0.05, 0.1) is 16.8 Å². The highest BCUT2D eigenvalue weighted by atomic mass is 16.3. The molecule has 11 aromatic rings. The Morgan fingerprint density at radius 1 is 0.456 bits per heavy atom. The van der Waals surface area contributed by atoms with Gasteiger partial charge in [-0.15, -0.1) is 0 Å². The molecule has 11 rings (SSSR count). The van der Waals surface area contributed by atoms with E-state index in [0.29, 0.717) is 34.4 Å². The maximum absolute atomic E-state index is 9.74. The van der Waals surface area contributed by atoms with Crippen LogP contribution in [0.25, 0.3) is 88.8 Å². The maximum Gasteiger partial charge on any atom is 0.167 e. The third-order valence-corrected chi connectivity index (χ3v) is 10.6. The van der Waals surface area contributed by atoms with E-state index in [-0.39, 0.29) is 0 Å². The second-order valence-corrected chi connectivity index (χ2v) is 14.0. The highest BCUT2D eigenvalue weighted by Crippen LogP contribution is 2.39. The molecule has 0 spiro atoms. The second-order valence-electron chi connectivity index (χ2n) is 14.0. The van der Waals surface area contributed by atoms with E-state index in [2.05, 4.69) is 47.8 Å². The van der Waals surface area contributed by atoms with Crippen LogP contribution in [-0.4, -0.2) is 20.7 Å². The number of fused-ring (bicyclic) bond motifs is 7. The molecule has 57 heavy (non-hydrogen) atoms. The summed E-state index contributed by atoms with van der Waals surface area (Å²) in [7, 11) is 0. The van der Waals surface area contributed by atoms with Gasteiger partial charge in [-0.25, -0.2) is 15.0 Å². The van der Waals surface area contributed by atoms with Crippen molar-refractivity contribution in [3.05, 3.63) is 187 Å². The molecule has 0 saturated carbocycles. The van der Waals surface area contributed by atoms with Gasteiger partial charge in [0, 0.05) is 49.6 Å². The summed E-state index contributed by atoms with van der Waals surface area (Å²) in [5.41, 5.74) is 8.93. The van der Waals surface area contributed by atoms with Crippen LogP contribution in [0.2, 0.25) is 0 Å². The van der Waals surface area contributed by atoms with E-state index in [1.54, 1.807) is 0 Å². The van der Waals surface area contributed by atoms with Gasteiger partial charge in [0.15, 0.2) is 17.5 Å². The lowest BCUT2D eigenvalue weighted by atomic mass is 9.93. The number of aromatic nitrogens is 3. The first-order valence-corrected chi connectivity index (χ1v) is 18.8. The number of hydrogen-bond acceptors (Lipinski definition) is 7. The van der Waals surface area contributed by atoms with Crippen LogP contribution in [0.15, 0.2) is 185 Å². The number of hydrogen-bond donors (Lipinski definition) is 2. The minimum absolute atomic E-state index is 0.376. The van der Waals surface area contributed by atoms with Crippen LogP contribution in [0, 0.1) is 5.41 Å². The number of rotatable bonds is 7. The summed E-state index contributed by atoms with van der Waals surface area (Å²) in [5, 5.41) is 19.4. The van der Waals surface area contributed by atoms with E-state index in [1.807, 2.05) is 133 Å². The van der Waals surface area contributed by atoms with Gasteiger partial charge in [-0.2, -0.15) is 0 Å². The molecule has 0 aliphatic rings. The van der Waals surface area contributed by atoms with Crippen molar-refractivity contribution >= 4 is 71.7 Å². The summed E-state index contributed by atoms with van der Waals surface area (Å²) in [4.78, 5) is 15.4. The van der Waals surface area contributed by atoms with Crippen molar-refractivity contribution in [2.45, 2.75) is 0 Å². The van der Waals surface area contributed by atoms with Crippen molar-refractivity contribution in [2.75, 3.05) is 5.32 Å². The lowest BCUT2D eigenvalue weighted by molar-refractivity contribution is 0.669. The summed E-state index contributed by atoms with van der Waals surface area (Å²) >= 11 is 0. The van der Waals surface area contributed by atoms with Crippen molar-refractivity contribution in [3.63, 3.8) is 0 Å². The van der Waals surface area contributed by atoms with Gasteiger partial charge < -0.3 is 14.2 Å². The van der Waals surface area contributed by atoms with Gasteiger partial charge in [0.2, 0.25) is 0 Å². The lowest BCUT2D eigenvalue weighted by Crippen LogP contribution is -2.07. The van der Waals surface area contributed by atoms with Crippen molar-refractivity contribution in [3.8, 4) is 34.2 Å². The van der Waals surface area contributed by atoms with Crippen LogP contribution in [0.5, 0.6) is 0 Å². The maximum atomic E-state index is 9.74. The zero-order valence-corrected chi connectivity index (χ0v) is 30.4. The fourth-order valence-electron chi connectivity index (χ4n) is 7.87. The molecule has 3 heterocycles. The Kier molecular flexibility index (Phi) is 7.50. The number of nitrogens with one attached hydrogen (secondary N) is 2. The summed E-state index contributed by atoms with van der Waals surface area (Å²) in [6, 6.07) is 58.4. The summed E-state index contributed by atoms with van der Waals surface area (Å²) in [6.45, 7) is 0. The molecular formula is C50H31N5O2. The molecule has 8 aromatic carbocycles.